The third-order valence-electron chi connectivity index (χ3n) is 5.73. The number of alkyl halides is 2. The number of halogens is 4. The van der Waals surface area contributed by atoms with Crippen molar-refractivity contribution in [2.75, 3.05) is 13.7 Å². The third kappa shape index (κ3) is 4.39. The minimum Gasteiger partial charge on any atom is -0.453 e. The molecule has 1 N–H and O–H groups in total. The van der Waals surface area contributed by atoms with Crippen LogP contribution in [0.5, 0.6) is 0 Å². The Hall–Kier alpha value is -3.38. The van der Waals surface area contributed by atoms with Crippen LogP contribution in [0.2, 0.25) is 5.02 Å². The lowest BCUT2D eigenvalue weighted by molar-refractivity contribution is 0.0564. The van der Waals surface area contributed by atoms with Gasteiger partial charge < -0.3 is 15.0 Å². The number of aliphatic imine (C=N–C) groups is 1. The fourth-order valence-electron chi connectivity index (χ4n) is 4.28. The van der Waals surface area contributed by atoms with Crippen LogP contribution in [-0.4, -0.2) is 51.3 Å². The first-order valence-electron chi connectivity index (χ1n) is 10.5. The summed E-state index contributed by atoms with van der Waals surface area (Å²) in [5.41, 5.74) is 2.01. The average Bonchev–Trinajstić information content (AvgIpc) is 3.58. The SMILES string of the molecule is COC(=O)N[C@H]1CC2=C(c3ccn(C(F)F)n3)[C@H](c3ccc(F)cc3Cl)N=C(c3nccs3)N2C1. The maximum Gasteiger partial charge on any atom is 0.407 e. The standard InChI is InChI=1S/C22H18ClF3N6O2S/c1-34-22(33)28-12-9-16-17(15-4-6-32(30-15)21(25)26)18(13-3-2-11(24)8-14(13)23)29-19(31(16)10-12)20-27-5-7-35-20/h2-8,12,18,21H,9-10H2,1H3,(H,28,33)/t12-,18-/m0/s1. The highest BCUT2D eigenvalue weighted by atomic mass is 35.5. The van der Waals surface area contributed by atoms with Crippen LogP contribution in [-0.2, 0) is 4.74 Å². The molecule has 13 heteroatoms. The van der Waals surface area contributed by atoms with Gasteiger partial charge in [-0.05, 0) is 18.2 Å². The number of nitrogens with one attached hydrogen (secondary N) is 1. The minimum atomic E-state index is -2.83. The van der Waals surface area contributed by atoms with E-state index in [9.17, 15) is 18.0 Å². The number of carbonyl (C=O) groups excluding carboxylic acids is 1. The topological polar surface area (TPSA) is 84.6 Å². The van der Waals surface area contributed by atoms with E-state index < -0.39 is 24.5 Å². The molecule has 1 amide bonds. The molecule has 2 aliphatic heterocycles. The van der Waals surface area contributed by atoms with E-state index in [0.717, 1.165) is 5.70 Å². The highest BCUT2D eigenvalue weighted by Gasteiger charge is 2.41. The van der Waals surface area contributed by atoms with Crippen molar-refractivity contribution in [1.29, 1.82) is 0 Å². The first-order valence-corrected chi connectivity index (χ1v) is 11.7. The molecule has 0 unspecified atom stereocenters. The molecule has 2 atom stereocenters. The quantitative estimate of drug-likeness (QED) is 0.517. The lowest BCUT2D eigenvalue weighted by Crippen LogP contribution is -2.39. The van der Waals surface area contributed by atoms with Gasteiger partial charge in [0.2, 0.25) is 0 Å². The Kier molecular flexibility index (Phi) is 6.24. The summed E-state index contributed by atoms with van der Waals surface area (Å²) in [4.78, 5) is 23.1. The van der Waals surface area contributed by atoms with E-state index in [1.807, 2.05) is 4.90 Å². The number of nitrogens with zero attached hydrogens (tertiary/aromatic N) is 5. The van der Waals surface area contributed by atoms with Gasteiger partial charge in [0, 0.05) is 52.6 Å². The molecule has 182 valence electrons. The number of thiazole rings is 1. The van der Waals surface area contributed by atoms with Crippen LogP contribution in [0.1, 0.15) is 35.3 Å². The van der Waals surface area contributed by atoms with E-state index in [2.05, 4.69) is 15.4 Å². The van der Waals surface area contributed by atoms with Gasteiger partial charge in [0.15, 0.2) is 10.8 Å². The van der Waals surface area contributed by atoms with Crippen molar-refractivity contribution in [3.8, 4) is 0 Å². The average molecular weight is 523 g/mol. The van der Waals surface area contributed by atoms with Crippen LogP contribution in [0.15, 0.2) is 52.7 Å². The Labute approximate surface area is 206 Å². The largest absolute Gasteiger partial charge is 0.453 e. The number of hydrogen-bond acceptors (Lipinski definition) is 7. The number of amides is 1. The summed E-state index contributed by atoms with van der Waals surface area (Å²) in [5.74, 6) is 0.0197. The van der Waals surface area contributed by atoms with Crippen LogP contribution in [0, 0.1) is 5.82 Å². The Morgan fingerprint density at radius 3 is 2.83 bits per heavy atom. The van der Waals surface area contributed by atoms with Crippen molar-refractivity contribution in [2.24, 2.45) is 4.99 Å². The fraction of sp³-hybridized carbons (Fsp3) is 0.273. The molecule has 35 heavy (non-hydrogen) atoms. The van der Waals surface area contributed by atoms with Crippen LogP contribution in [0.25, 0.3) is 5.57 Å². The van der Waals surface area contributed by atoms with E-state index in [1.165, 1.54) is 48.9 Å². The summed E-state index contributed by atoms with van der Waals surface area (Å²) in [6.45, 7) is -2.47. The monoisotopic (exact) mass is 522 g/mol. The van der Waals surface area contributed by atoms with E-state index in [4.69, 9.17) is 21.3 Å². The zero-order valence-corrected chi connectivity index (χ0v) is 19.7. The molecule has 0 radical (unpaired) electrons. The molecule has 2 aliphatic rings. The molecule has 4 heterocycles. The number of carbonyl (C=O) groups is 1. The highest BCUT2D eigenvalue weighted by molar-refractivity contribution is 7.11. The number of ether oxygens (including phenoxy) is 1. The van der Waals surface area contributed by atoms with Crippen molar-refractivity contribution >= 4 is 40.4 Å². The first-order chi connectivity index (χ1) is 16.9. The Morgan fingerprint density at radius 2 is 2.17 bits per heavy atom. The number of benzene rings is 1. The van der Waals surface area contributed by atoms with Crippen molar-refractivity contribution in [2.45, 2.75) is 25.1 Å². The van der Waals surface area contributed by atoms with Crippen molar-refractivity contribution < 1.29 is 22.7 Å². The van der Waals surface area contributed by atoms with Gasteiger partial charge >= 0.3 is 12.6 Å². The Balaban J connectivity index is 1.70. The van der Waals surface area contributed by atoms with Gasteiger partial charge in [0.1, 0.15) is 11.9 Å². The number of hydrogen-bond donors (Lipinski definition) is 1. The number of methoxy groups -OCH3 is 1. The number of amidine groups is 1. The van der Waals surface area contributed by atoms with Crippen molar-refractivity contribution in [3.05, 3.63) is 74.8 Å². The van der Waals surface area contributed by atoms with E-state index >= 15 is 0 Å². The molecule has 1 fully saturated rings. The second kappa shape index (κ2) is 9.34. The Bertz CT molecular complexity index is 1330. The lowest BCUT2D eigenvalue weighted by Gasteiger charge is -2.32. The lowest BCUT2D eigenvalue weighted by atomic mass is 9.92. The maximum absolute atomic E-state index is 13.8. The summed E-state index contributed by atoms with van der Waals surface area (Å²) in [5, 5.41) is 9.44. The molecule has 1 aromatic carbocycles. The Morgan fingerprint density at radius 1 is 1.34 bits per heavy atom. The van der Waals surface area contributed by atoms with Crippen LogP contribution < -0.4 is 5.32 Å². The molecule has 3 aromatic rings. The number of aromatic nitrogens is 3. The summed E-state index contributed by atoms with van der Waals surface area (Å²) in [7, 11) is 1.27. The molecule has 0 bridgehead atoms. The molecular weight excluding hydrogens is 505 g/mol. The molecule has 0 saturated carbocycles. The fourth-order valence-corrected chi connectivity index (χ4v) is 5.19. The zero-order chi connectivity index (χ0) is 24.7. The first kappa shape index (κ1) is 23.4. The number of alkyl carbamates (subject to hydrolysis) is 1. The molecule has 0 aliphatic carbocycles. The van der Waals surface area contributed by atoms with E-state index in [-0.39, 0.29) is 16.8 Å². The highest BCUT2D eigenvalue weighted by Crippen LogP contribution is 2.46. The van der Waals surface area contributed by atoms with Crippen molar-refractivity contribution in [3.63, 3.8) is 0 Å². The normalized spacial score (nSPS) is 19.7. The van der Waals surface area contributed by atoms with E-state index in [0.29, 0.717) is 39.6 Å². The third-order valence-corrected chi connectivity index (χ3v) is 6.83. The van der Waals surface area contributed by atoms with Crippen LogP contribution in [0.4, 0.5) is 18.0 Å². The molecule has 0 spiro atoms. The summed E-state index contributed by atoms with van der Waals surface area (Å²) in [6, 6.07) is 4.32. The van der Waals surface area contributed by atoms with Gasteiger partial charge in [0.05, 0.1) is 18.8 Å². The van der Waals surface area contributed by atoms with Gasteiger partial charge in [0.25, 0.3) is 0 Å². The van der Waals surface area contributed by atoms with Crippen LogP contribution in [0.3, 0.4) is 0 Å². The molecular formula is C22H18ClF3N6O2S. The van der Waals surface area contributed by atoms with Crippen molar-refractivity contribution in [1.82, 2.24) is 25.0 Å². The molecule has 2 aromatic heterocycles. The van der Waals surface area contributed by atoms with Gasteiger partial charge in [-0.1, -0.05) is 17.7 Å². The summed E-state index contributed by atoms with van der Waals surface area (Å²) >= 11 is 7.80. The minimum absolute atomic E-state index is 0.138. The van der Waals surface area contributed by atoms with Gasteiger partial charge in [-0.2, -0.15) is 13.9 Å². The second-order valence-electron chi connectivity index (χ2n) is 7.82. The molecule has 5 rings (SSSR count). The van der Waals surface area contributed by atoms with Gasteiger partial charge in [-0.15, -0.1) is 11.3 Å². The molecule has 1 saturated heterocycles. The second-order valence-corrected chi connectivity index (χ2v) is 9.13. The maximum atomic E-state index is 13.8. The number of fused-ring (bicyclic) bond motifs is 1. The number of rotatable bonds is 5. The summed E-state index contributed by atoms with van der Waals surface area (Å²) < 4.78 is 45.8. The molecule has 8 nitrogen and oxygen atoms in total. The van der Waals surface area contributed by atoms with Crippen LogP contribution >= 0.6 is 22.9 Å². The zero-order valence-electron chi connectivity index (χ0n) is 18.2. The van der Waals surface area contributed by atoms with E-state index in [1.54, 1.807) is 11.6 Å². The van der Waals surface area contributed by atoms with Gasteiger partial charge in [-0.25, -0.2) is 18.9 Å². The predicted octanol–water partition coefficient (Wildman–Crippen LogP) is 4.87. The predicted molar refractivity (Wildman–Crippen MR) is 124 cm³/mol. The smallest absolute Gasteiger partial charge is 0.407 e. The summed E-state index contributed by atoms with van der Waals surface area (Å²) in [6.07, 6.45) is 2.59. The van der Waals surface area contributed by atoms with Gasteiger partial charge in [-0.3, -0.25) is 4.99 Å².